The maximum absolute atomic E-state index is 13.0. The molecule has 0 aliphatic heterocycles. The van der Waals surface area contributed by atoms with E-state index in [2.05, 4.69) is 25.5 Å². The number of hydrogen-bond acceptors (Lipinski definition) is 9. The zero-order valence-electron chi connectivity index (χ0n) is 17.5. The summed E-state index contributed by atoms with van der Waals surface area (Å²) in [5.74, 6) is 0.540. The number of anilines is 1. The monoisotopic (exact) mass is 441 g/mol. The molecule has 10 heteroatoms. The maximum Gasteiger partial charge on any atom is 0.295 e. The second-order valence-corrected chi connectivity index (χ2v) is 8.47. The third-order valence-corrected chi connectivity index (χ3v) is 5.83. The van der Waals surface area contributed by atoms with Crippen molar-refractivity contribution in [3.8, 4) is 22.1 Å². The number of rotatable bonds is 7. The number of pyridine rings is 2. The number of nitrogens with zero attached hydrogens (tertiary/aromatic N) is 4. The van der Waals surface area contributed by atoms with Crippen LogP contribution in [0.5, 0.6) is 10.9 Å². The molecule has 1 amide bonds. The first-order valence-corrected chi connectivity index (χ1v) is 10.7. The molecule has 1 aliphatic carbocycles. The van der Waals surface area contributed by atoms with E-state index in [1.54, 1.807) is 13.3 Å². The fraction of sp³-hybridized carbons (Fsp3) is 0.381. The number of carbonyl (C=O) groups is 1. The number of carbonyl (C=O) groups excluding carboxylic acids is 1. The summed E-state index contributed by atoms with van der Waals surface area (Å²) >= 11 is 1.15. The highest BCUT2D eigenvalue weighted by molar-refractivity contribution is 7.17. The van der Waals surface area contributed by atoms with Crippen molar-refractivity contribution in [3.63, 3.8) is 0 Å². The van der Waals surface area contributed by atoms with Crippen LogP contribution in [0.15, 0.2) is 24.5 Å². The lowest BCUT2D eigenvalue weighted by atomic mass is 9.83. The van der Waals surface area contributed by atoms with Crippen LogP contribution >= 0.6 is 11.3 Å². The molecule has 0 radical (unpaired) electrons. The van der Waals surface area contributed by atoms with Crippen LogP contribution < -0.4 is 14.8 Å². The lowest BCUT2D eigenvalue weighted by Gasteiger charge is -2.30. The lowest BCUT2D eigenvalue weighted by molar-refractivity contribution is 0.0201. The van der Waals surface area contributed by atoms with Crippen LogP contribution in [0.25, 0.3) is 11.1 Å². The van der Waals surface area contributed by atoms with Gasteiger partial charge in [-0.05, 0) is 56.1 Å². The smallest absolute Gasteiger partial charge is 0.295 e. The van der Waals surface area contributed by atoms with Crippen molar-refractivity contribution in [1.29, 1.82) is 0 Å². The number of hydrogen-bond donors (Lipinski definition) is 2. The number of aliphatic hydroxyl groups is 1. The summed E-state index contributed by atoms with van der Waals surface area (Å²) in [5.41, 5.74) is 3.42. The van der Waals surface area contributed by atoms with Gasteiger partial charge in [-0.25, -0.2) is 0 Å². The Labute approximate surface area is 183 Å². The summed E-state index contributed by atoms with van der Waals surface area (Å²) in [4.78, 5) is 21.6. The van der Waals surface area contributed by atoms with Gasteiger partial charge in [0.1, 0.15) is 5.75 Å². The van der Waals surface area contributed by atoms with E-state index in [0.717, 1.165) is 41.1 Å². The van der Waals surface area contributed by atoms with E-state index in [1.165, 1.54) is 6.20 Å². The number of amides is 1. The average molecular weight is 442 g/mol. The van der Waals surface area contributed by atoms with E-state index in [9.17, 15) is 9.90 Å². The highest BCUT2D eigenvalue weighted by Gasteiger charge is 2.28. The summed E-state index contributed by atoms with van der Waals surface area (Å²) in [7, 11) is 1.57. The van der Waals surface area contributed by atoms with Crippen LogP contribution in [-0.2, 0) is 0 Å². The Bertz CT molecular complexity index is 1100. The number of aliphatic hydroxyl groups excluding tert-OH is 1. The van der Waals surface area contributed by atoms with Gasteiger partial charge in [-0.15, -0.1) is 5.10 Å². The number of aryl methyl sites for hydroxylation is 2. The topological polar surface area (TPSA) is 119 Å². The van der Waals surface area contributed by atoms with Gasteiger partial charge in [-0.2, -0.15) is 0 Å². The van der Waals surface area contributed by atoms with Crippen molar-refractivity contribution in [2.75, 3.05) is 19.0 Å². The molecule has 1 aliphatic rings. The zero-order valence-corrected chi connectivity index (χ0v) is 18.3. The Morgan fingerprint density at radius 1 is 1.16 bits per heavy atom. The highest BCUT2D eigenvalue weighted by Crippen LogP contribution is 2.34. The fourth-order valence-corrected chi connectivity index (χ4v) is 3.99. The van der Waals surface area contributed by atoms with Gasteiger partial charge in [0.25, 0.3) is 11.1 Å². The molecule has 0 saturated heterocycles. The molecular weight excluding hydrogens is 418 g/mol. The Balaban J connectivity index is 1.53. The minimum absolute atomic E-state index is 0.224. The molecule has 0 bridgehead atoms. The van der Waals surface area contributed by atoms with Crippen LogP contribution in [0.3, 0.4) is 0 Å². The normalized spacial score (nSPS) is 17.7. The molecule has 2 N–H and O–H groups in total. The third-order valence-electron chi connectivity index (χ3n) is 5.08. The molecule has 0 atom stereocenters. The van der Waals surface area contributed by atoms with Crippen LogP contribution in [0, 0.1) is 19.8 Å². The average Bonchev–Trinajstić information content (AvgIpc) is 3.17. The van der Waals surface area contributed by atoms with Gasteiger partial charge in [-0.3, -0.25) is 20.1 Å². The molecule has 31 heavy (non-hydrogen) atoms. The van der Waals surface area contributed by atoms with E-state index in [1.807, 2.05) is 26.0 Å². The molecule has 0 aromatic carbocycles. The van der Waals surface area contributed by atoms with Gasteiger partial charge < -0.3 is 14.6 Å². The Kier molecular flexibility index (Phi) is 6.10. The first-order valence-electron chi connectivity index (χ1n) is 9.86. The molecule has 1 saturated carbocycles. The summed E-state index contributed by atoms with van der Waals surface area (Å²) in [6.45, 7) is 4.22. The van der Waals surface area contributed by atoms with Gasteiger partial charge >= 0.3 is 0 Å². The summed E-state index contributed by atoms with van der Waals surface area (Å²) < 4.78 is 11.1. The number of nitrogens with one attached hydrogen (secondary N) is 1. The number of methoxy groups -OCH3 is 1. The van der Waals surface area contributed by atoms with Crippen LogP contribution in [-0.4, -0.2) is 51.0 Å². The molecule has 3 aromatic rings. The molecule has 0 unspecified atom stereocenters. The number of ether oxygens (including phenoxy) is 2. The van der Waals surface area contributed by atoms with Crippen molar-refractivity contribution in [3.05, 3.63) is 41.5 Å². The van der Waals surface area contributed by atoms with E-state index in [4.69, 9.17) is 9.47 Å². The first-order chi connectivity index (χ1) is 14.9. The van der Waals surface area contributed by atoms with Crippen molar-refractivity contribution < 1.29 is 19.4 Å². The van der Waals surface area contributed by atoms with E-state index in [0.29, 0.717) is 39.7 Å². The first kappa shape index (κ1) is 21.1. The number of aromatic nitrogens is 4. The van der Waals surface area contributed by atoms with Crippen molar-refractivity contribution >= 4 is 22.4 Å². The molecule has 0 spiro atoms. The zero-order chi connectivity index (χ0) is 22.0. The van der Waals surface area contributed by atoms with Crippen molar-refractivity contribution in [2.24, 2.45) is 5.92 Å². The van der Waals surface area contributed by atoms with Crippen LogP contribution in [0.2, 0.25) is 0 Å². The summed E-state index contributed by atoms with van der Waals surface area (Å²) in [5, 5.41) is 20.8. The second-order valence-electron chi connectivity index (χ2n) is 7.53. The Morgan fingerprint density at radius 2 is 1.87 bits per heavy atom. The van der Waals surface area contributed by atoms with Gasteiger partial charge in [0, 0.05) is 28.7 Å². The minimum Gasteiger partial charge on any atom is -0.494 e. The van der Waals surface area contributed by atoms with Gasteiger partial charge in [0.05, 0.1) is 31.6 Å². The predicted molar refractivity (Wildman–Crippen MR) is 116 cm³/mol. The van der Waals surface area contributed by atoms with Crippen LogP contribution in [0.4, 0.5) is 5.13 Å². The maximum atomic E-state index is 13.0. The largest absolute Gasteiger partial charge is 0.494 e. The standard InChI is InChI=1S/C21H23N5O4S/c1-11-4-15(16-5-12(2)23-9-18(16)29-3)17(8-22-11)19(28)24-20-25-26-21(31-20)30-10-13-6-14(27)7-13/h4-5,8-9,13-14,27H,6-7,10H2,1-3H3,(H,24,25,28). The third kappa shape index (κ3) is 4.80. The molecule has 3 heterocycles. The molecule has 3 aromatic heterocycles. The summed E-state index contributed by atoms with van der Waals surface area (Å²) in [6, 6.07) is 3.71. The molecule has 9 nitrogen and oxygen atoms in total. The van der Waals surface area contributed by atoms with E-state index >= 15 is 0 Å². The van der Waals surface area contributed by atoms with Gasteiger partial charge in [0.15, 0.2) is 0 Å². The fourth-order valence-electron chi connectivity index (χ4n) is 3.39. The SMILES string of the molecule is COc1cnc(C)cc1-c1cc(C)ncc1C(=O)Nc1nnc(OCC2CC(O)C2)s1. The van der Waals surface area contributed by atoms with Crippen LogP contribution in [0.1, 0.15) is 34.6 Å². The predicted octanol–water partition coefficient (Wildman–Crippen LogP) is 3.02. The lowest BCUT2D eigenvalue weighted by Crippen LogP contribution is -2.32. The van der Waals surface area contributed by atoms with E-state index in [-0.39, 0.29) is 12.0 Å². The Morgan fingerprint density at radius 3 is 2.58 bits per heavy atom. The molecular formula is C21H23N5O4S. The Hall–Kier alpha value is -3.11. The van der Waals surface area contributed by atoms with Gasteiger partial charge in [0.2, 0.25) is 5.13 Å². The highest BCUT2D eigenvalue weighted by atomic mass is 32.1. The molecule has 162 valence electrons. The molecule has 1 fully saturated rings. The second kappa shape index (κ2) is 8.94. The van der Waals surface area contributed by atoms with E-state index < -0.39 is 0 Å². The van der Waals surface area contributed by atoms with Crippen molar-refractivity contribution in [2.45, 2.75) is 32.8 Å². The van der Waals surface area contributed by atoms with Crippen molar-refractivity contribution in [1.82, 2.24) is 20.2 Å². The quantitative estimate of drug-likeness (QED) is 0.574. The summed E-state index contributed by atoms with van der Waals surface area (Å²) in [6.07, 6.45) is 4.43. The van der Waals surface area contributed by atoms with Gasteiger partial charge in [-0.1, -0.05) is 5.10 Å². The minimum atomic E-state index is -0.358. The molecule has 4 rings (SSSR count).